The average molecular weight is 244 g/mol. The summed E-state index contributed by atoms with van der Waals surface area (Å²) in [6, 6.07) is 6.57. The van der Waals surface area contributed by atoms with Gasteiger partial charge in [-0.2, -0.15) is 5.10 Å². The van der Waals surface area contributed by atoms with Gasteiger partial charge >= 0.3 is 0 Å². The first kappa shape index (κ1) is 10.6. The fraction of sp³-hybridized carbons (Fsp3) is 0.0909. The quantitative estimate of drug-likeness (QED) is 0.796. The van der Waals surface area contributed by atoms with Crippen LogP contribution in [0.4, 0.5) is 0 Å². The Labute approximate surface area is 101 Å². The summed E-state index contributed by atoms with van der Waals surface area (Å²) in [6.07, 6.45) is 1.39. The third kappa shape index (κ3) is 1.57. The summed E-state index contributed by atoms with van der Waals surface area (Å²) in [5.41, 5.74) is 0.690. The lowest BCUT2D eigenvalue weighted by Gasteiger charge is -2.11. The van der Waals surface area contributed by atoms with Crippen LogP contribution in [0.2, 0.25) is 0 Å². The normalized spacial score (nSPS) is 14.1. The van der Waals surface area contributed by atoms with E-state index in [1.165, 1.54) is 6.33 Å². The first-order valence-electron chi connectivity index (χ1n) is 5.23. The molecule has 0 atom stereocenters. The summed E-state index contributed by atoms with van der Waals surface area (Å²) < 4.78 is 0. The number of imide groups is 1. The van der Waals surface area contributed by atoms with Crippen LogP contribution in [0.25, 0.3) is 0 Å². The van der Waals surface area contributed by atoms with Gasteiger partial charge in [0.05, 0.1) is 11.1 Å². The Morgan fingerprint density at radius 3 is 2.39 bits per heavy atom. The van der Waals surface area contributed by atoms with E-state index in [-0.39, 0.29) is 6.61 Å². The highest BCUT2D eigenvalue weighted by molar-refractivity contribution is 6.20. The molecule has 0 aliphatic carbocycles. The van der Waals surface area contributed by atoms with E-state index >= 15 is 0 Å². The molecule has 90 valence electrons. The largest absolute Gasteiger partial charge is 0.285 e. The zero-order chi connectivity index (χ0) is 12.5. The number of hydrogen-bond donors (Lipinski definition) is 1. The summed E-state index contributed by atoms with van der Waals surface area (Å²) in [5.74, 6) is -0.566. The number of amides is 2. The number of carbonyl (C=O) groups is 2. The fourth-order valence-corrected chi connectivity index (χ4v) is 1.71. The van der Waals surface area contributed by atoms with Crippen LogP contribution in [0, 0.1) is 0 Å². The molecule has 2 amide bonds. The van der Waals surface area contributed by atoms with E-state index in [0.717, 1.165) is 5.06 Å². The molecule has 0 spiro atoms. The molecule has 1 aliphatic rings. The molecule has 2 heterocycles. The Balaban J connectivity index is 1.80. The van der Waals surface area contributed by atoms with Gasteiger partial charge in [0.2, 0.25) is 0 Å². The van der Waals surface area contributed by atoms with Crippen molar-refractivity contribution in [3.63, 3.8) is 0 Å². The molecule has 1 aliphatic heterocycles. The smallest absolute Gasteiger partial charge is 0.266 e. The molecule has 1 aromatic heterocycles. The van der Waals surface area contributed by atoms with Crippen LogP contribution in [0.5, 0.6) is 0 Å². The molecule has 0 unspecified atom stereocenters. The van der Waals surface area contributed by atoms with E-state index in [1.54, 1.807) is 24.3 Å². The molecule has 0 saturated carbocycles. The Bertz CT molecular complexity index is 574. The summed E-state index contributed by atoms with van der Waals surface area (Å²) >= 11 is 0. The van der Waals surface area contributed by atoms with Crippen LogP contribution in [0.1, 0.15) is 26.5 Å². The lowest BCUT2D eigenvalue weighted by molar-refractivity contribution is -0.102. The Morgan fingerprint density at radius 1 is 1.17 bits per heavy atom. The molecule has 7 nitrogen and oxygen atoms in total. The summed E-state index contributed by atoms with van der Waals surface area (Å²) in [5, 5.41) is 7.02. The molecule has 2 aromatic rings. The maximum absolute atomic E-state index is 11.9. The number of benzene rings is 1. The predicted molar refractivity (Wildman–Crippen MR) is 58.1 cm³/mol. The van der Waals surface area contributed by atoms with E-state index < -0.39 is 11.8 Å². The highest BCUT2D eigenvalue weighted by Gasteiger charge is 2.36. The number of hydroxylamine groups is 2. The van der Waals surface area contributed by atoms with Crippen molar-refractivity contribution in [1.82, 2.24) is 20.2 Å². The number of rotatable bonds is 3. The molecule has 1 aromatic carbocycles. The molecular formula is C11H8N4O3. The summed E-state index contributed by atoms with van der Waals surface area (Å²) in [6.45, 7) is -0.0467. The lowest BCUT2D eigenvalue weighted by Crippen LogP contribution is -2.29. The Kier molecular flexibility index (Phi) is 2.38. The number of aromatic amines is 1. The van der Waals surface area contributed by atoms with E-state index in [1.807, 2.05) is 0 Å². The SMILES string of the molecule is O=C1c2ccccc2C(=O)N1OCc1nc[nH]n1. The average Bonchev–Trinajstić information content (AvgIpc) is 2.98. The lowest BCUT2D eigenvalue weighted by atomic mass is 10.1. The van der Waals surface area contributed by atoms with Gasteiger partial charge in [-0.15, -0.1) is 5.06 Å². The number of nitrogens with zero attached hydrogens (tertiary/aromatic N) is 3. The molecular weight excluding hydrogens is 236 g/mol. The molecule has 0 radical (unpaired) electrons. The van der Waals surface area contributed by atoms with Crippen molar-refractivity contribution in [2.24, 2.45) is 0 Å². The van der Waals surface area contributed by atoms with Gasteiger partial charge in [0.25, 0.3) is 11.8 Å². The van der Waals surface area contributed by atoms with Crippen molar-refractivity contribution in [2.45, 2.75) is 6.61 Å². The first-order valence-corrected chi connectivity index (χ1v) is 5.23. The van der Waals surface area contributed by atoms with Crippen molar-refractivity contribution >= 4 is 11.8 Å². The molecule has 0 saturated heterocycles. The van der Waals surface area contributed by atoms with E-state index in [0.29, 0.717) is 17.0 Å². The second-order valence-electron chi connectivity index (χ2n) is 3.64. The second-order valence-corrected chi connectivity index (χ2v) is 3.64. The van der Waals surface area contributed by atoms with Crippen molar-refractivity contribution in [3.8, 4) is 0 Å². The van der Waals surface area contributed by atoms with E-state index in [4.69, 9.17) is 4.84 Å². The number of fused-ring (bicyclic) bond motifs is 1. The summed E-state index contributed by atoms with van der Waals surface area (Å²) in [7, 11) is 0. The van der Waals surface area contributed by atoms with Gasteiger partial charge in [0.15, 0.2) is 5.82 Å². The van der Waals surface area contributed by atoms with Crippen LogP contribution in [0.15, 0.2) is 30.6 Å². The third-order valence-corrected chi connectivity index (χ3v) is 2.54. The standard InChI is InChI=1S/C11H8N4O3/c16-10-7-3-1-2-4-8(7)11(17)15(10)18-5-9-12-6-13-14-9/h1-4,6H,5H2,(H,12,13,14). The van der Waals surface area contributed by atoms with Crippen LogP contribution in [0.3, 0.4) is 0 Å². The minimum absolute atomic E-state index is 0.0467. The molecule has 3 rings (SSSR count). The maximum atomic E-state index is 11.9. The van der Waals surface area contributed by atoms with Crippen LogP contribution < -0.4 is 0 Å². The van der Waals surface area contributed by atoms with Crippen molar-refractivity contribution in [2.75, 3.05) is 0 Å². The van der Waals surface area contributed by atoms with Crippen LogP contribution in [-0.4, -0.2) is 32.1 Å². The number of aromatic nitrogens is 3. The second kappa shape index (κ2) is 4.04. The van der Waals surface area contributed by atoms with Gasteiger partial charge in [-0.3, -0.25) is 19.5 Å². The van der Waals surface area contributed by atoms with Gasteiger partial charge in [-0.1, -0.05) is 12.1 Å². The fourth-order valence-electron chi connectivity index (χ4n) is 1.71. The Morgan fingerprint density at radius 2 is 1.83 bits per heavy atom. The van der Waals surface area contributed by atoms with E-state index in [2.05, 4.69) is 15.2 Å². The van der Waals surface area contributed by atoms with Gasteiger partial charge < -0.3 is 0 Å². The van der Waals surface area contributed by atoms with Crippen molar-refractivity contribution in [3.05, 3.63) is 47.5 Å². The number of nitrogens with one attached hydrogen (secondary N) is 1. The van der Waals surface area contributed by atoms with Gasteiger partial charge in [0.1, 0.15) is 12.9 Å². The highest BCUT2D eigenvalue weighted by atomic mass is 16.7. The minimum Gasteiger partial charge on any atom is -0.266 e. The molecule has 0 fully saturated rings. The van der Waals surface area contributed by atoms with E-state index in [9.17, 15) is 9.59 Å². The monoisotopic (exact) mass is 244 g/mol. The number of hydrogen-bond acceptors (Lipinski definition) is 5. The zero-order valence-corrected chi connectivity index (χ0v) is 9.16. The maximum Gasteiger partial charge on any atom is 0.285 e. The molecule has 1 N–H and O–H groups in total. The number of carbonyl (C=O) groups excluding carboxylic acids is 2. The van der Waals surface area contributed by atoms with Crippen LogP contribution in [-0.2, 0) is 11.4 Å². The minimum atomic E-state index is -0.467. The van der Waals surface area contributed by atoms with Crippen molar-refractivity contribution in [1.29, 1.82) is 0 Å². The molecule has 7 heteroatoms. The molecule has 0 bridgehead atoms. The zero-order valence-electron chi connectivity index (χ0n) is 9.16. The summed E-state index contributed by atoms with van der Waals surface area (Å²) in [4.78, 5) is 32.8. The third-order valence-electron chi connectivity index (χ3n) is 2.54. The van der Waals surface area contributed by atoms with Crippen molar-refractivity contribution < 1.29 is 14.4 Å². The van der Waals surface area contributed by atoms with Gasteiger partial charge in [0, 0.05) is 0 Å². The molecule has 18 heavy (non-hydrogen) atoms. The van der Waals surface area contributed by atoms with Gasteiger partial charge in [-0.25, -0.2) is 4.98 Å². The first-order chi connectivity index (χ1) is 8.77. The van der Waals surface area contributed by atoms with Crippen LogP contribution >= 0.6 is 0 Å². The Hall–Kier alpha value is -2.54. The predicted octanol–water partition coefficient (Wildman–Crippen LogP) is 0.532. The number of H-pyrrole nitrogens is 1. The van der Waals surface area contributed by atoms with Gasteiger partial charge in [-0.05, 0) is 12.1 Å². The topological polar surface area (TPSA) is 88.2 Å². The highest BCUT2D eigenvalue weighted by Crippen LogP contribution is 2.22.